The molecule has 0 saturated carbocycles. The average molecular weight is 505 g/mol. The highest BCUT2D eigenvalue weighted by atomic mass is 16.5. The molecular formula is C30H52N2O4. The second-order valence-corrected chi connectivity index (χ2v) is 13.6. The fourth-order valence-corrected chi connectivity index (χ4v) is 7.56. The van der Waals surface area contributed by atoms with Crippen LogP contribution in [0.2, 0.25) is 0 Å². The molecule has 2 heterocycles. The number of likely N-dealkylation sites (tertiary alicyclic amines) is 2. The van der Waals surface area contributed by atoms with Gasteiger partial charge in [0.25, 0.3) is 0 Å². The summed E-state index contributed by atoms with van der Waals surface area (Å²) in [7, 11) is 0. The smallest absolute Gasteiger partial charge is 0.306 e. The van der Waals surface area contributed by atoms with E-state index in [0.29, 0.717) is 6.42 Å². The Morgan fingerprint density at radius 1 is 0.861 bits per heavy atom. The predicted molar refractivity (Wildman–Crippen MR) is 147 cm³/mol. The Morgan fingerprint density at radius 2 is 1.28 bits per heavy atom. The molecule has 0 aromatic rings. The van der Waals surface area contributed by atoms with E-state index < -0.39 is 5.97 Å². The fraction of sp³-hybridized carbons (Fsp3) is 0.800. The van der Waals surface area contributed by atoms with Gasteiger partial charge >= 0.3 is 11.9 Å². The second-order valence-electron chi connectivity index (χ2n) is 13.6. The molecule has 0 aromatic carbocycles. The highest BCUT2D eigenvalue weighted by Gasteiger charge is 2.48. The molecule has 0 aliphatic carbocycles. The molecule has 6 heteroatoms. The molecule has 0 radical (unpaired) electrons. The molecule has 1 atom stereocenters. The van der Waals surface area contributed by atoms with Crippen molar-refractivity contribution in [3.05, 3.63) is 25.3 Å². The van der Waals surface area contributed by atoms with Crippen LogP contribution in [0.3, 0.4) is 0 Å². The summed E-state index contributed by atoms with van der Waals surface area (Å²) in [6.45, 7) is 27.2. The van der Waals surface area contributed by atoms with Crippen molar-refractivity contribution < 1.29 is 19.4 Å². The normalized spacial score (nSPS) is 25.1. The van der Waals surface area contributed by atoms with Crippen molar-refractivity contribution in [1.82, 2.24) is 9.80 Å². The zero-order valence-corrected chi connectivity index (χ0v) is 24.2. The molecular weight excluding hydrogens is 452 g/mol. The predicted octanol–water partition coefficient (Wildman–Crippen LogP) is 6.06. The minimum Gasteiger partial charge on any atom is -0.481 e. The molecule has 1 unspecified atom stereocenters. The number of carbonyl (C=O) groups excluding carboxylic acids is 1. The van der Waals surface area contributed by atoms with E-state index in [9.17, 15) is 14.7 Å². The van der Waals surface area contributed by atoms with Crippen LogP contribution in [0.15, 0.2) is 25.3 Å². The zero-order valence-electron chi connectivity index (χ0n) is 24.2. The third-order valence-electron chi connectivity index (χ3n) is 8.64. The molecule has 0 bridgehead atoms. The average Bonchev–Trinajstić information content (AvgIpc) is 2.69. The van der Waals surface area contributed by atoms with E-state index >= 15 is 0 Å². The van der Waals surface area contributed by atoms with E-state index in [2.05, 4.69) is 78.3 Å². The van der Waals surface area contributed by atoms with Crippen molar-refractivity contribution in [1.29, 1.82) is 0 Å². The molecule has 1 N–H and O–H groups in total. The van der Waals surface area contributed by atoms with E-state index in [4.69, 9.17) is 4.74 Å². The Bertz CT molecular complexity index is 778. The Hall–Kier alpha value is -1.66. The van der Waals surface area contributed by atoms with Gasteiger partial charge in [0.1, 0.15) is 6.10 Å². The highest BCUT2D eigenvalue weighted by Crippen LogP contribution is 2.46. The largest absolute Gasteiger partial charge is 0.481 e. The highest BCUT2D eigenvalue weighted by molar-refractivity contribution is 5.70. The van der Waals surface area contributed by atoms with Crippen LogP contribution in [-0.4, -0.2) is 68.2 Å². The summed E-state index contributed by atoms with van der Waals surface area (Å²) in [5.74, 6) is -0.820. The van der Waals surface area contributed by atoms with Crippen molar-refractivity contribution >= 4 is 11.9 Å². The first-order valence-electron chi connectivity index (χ1n) is 13.6. The van der Waals surface area contributed by atoms with E-state index in [1.165, 1.54) is 0 Å². The lowest BCUT2D eigenvalue weighted by molar-refractivity contribution is -0.160. The number of carbonyl (C=O) groups is 2. The van der Waals surface area contributed by atoms with Crippen molar-refractivity contribution in [2.24, 2.45) is 11.8 Å². The maximum Gasteiger partial charge on any atom is 0.306 e. The SMILES string of the molecule is C=CCN1C(C)(C)CC(OC(=O)CCC(CC(=O)O)C2CC(C)(C)N(CC=C)C(C)(C)C2)CC1(C)C. The van der Waals surface area contributed by atoms with Gasteiger partial charge in [0.2, 0.25) is 0 Å². The van der Waals surface area contributed by atoms with Crippen LogP contribution in [0.5, 0.6) is 0 Å². The quantitative estimate of drug-likeness (QED) is 0.272. The number of ether oxygens (including phenoxy) is 1. The van der Waals surface area contributed by atoms with Crippen molar-refractivity contribution in [3.63, 3.8) is 0 Å². The fourth-order valence-electron chi connectivity index (χ4n) is 7.56. The summed E-state index contributed by atoms with van der Waals surface area (Å²) in [6, 6.07) is 0. The first-order chi connectivity index (χ1) is 16.4. The number of hydrogen-bond acceptors (Lipinski definition) is 5. The lowest BCUT2D eigenvalue weighted by Crippen LogP contribution is -2.62. The van der Waals surface area contributed by atoms with Gasteiger partial charge in [-0.05, 0) is 86.5 Å². The van der Waals surface area contributed by atoms with Crippen LogP contribution in [-0.2, 0) is 14.3 Å². The molecule has 206 valence electrons. The minimum absolute atomic E-state index is 0.0539. The summed E-state index contributed by atoms with van der Waals surface area (Å²) in [4.78, 5) is 29.7. The maximum absolute atomic E-state index is 13.0. The maximum atomic E-state index is 13.0. The van der Waals surface area contributed by atoms with Crippen LogP contribution in [0.1, 0.15) is 100 Å². The van der Waals surface area contributed by atoms with Gasteiger partial charge in [-0.3, -0.25) is 19.4 Å². The molecule has 2 aliphatic rings. The number of carboxylic acid groups (broad SMARTS) is 1. The van der Waals surface area contributed by atoms with Gasteiger partial charge in [-0.1, -0.05) is 12.2 Å². The third kappa shape index (κ3) is 7.44. The Labute approximate surface area is 220 Å². The number of esters is 1. The lowest BCUT2D eigenvalue weighted by Gasteiger charge is -2.56. The molecule has 2 rings (SSSR count). The summed E-state index contributed by atoms with van der Waals surface area (Å²) in [6.07, 6.45) is 8.00. The molecule has 2 saturated heterocycles. The third-order valence-corrected chi connectivity index (χ3v) is 8.64. The summed E-state index contributed by atoms with van der Waals surface area (Å²) >= 11 is 0. The van der Waals surface area contributed by atoms with Crippen molar-refractivity contribution in [2.45, 2.75) is 129 Å². The van der Waals surface area contributed by atoms with E-state index in [1.807, 2.05) is 12.2 Å². The van der Waals surface area contributed by atoms with Gasteiger partial charge in [-0.15, -0.1) is 13.2 Å². The van der Waals surface area contributed by atoms with Gasteiger partial charge < -0.3 is 9.84 Å². The number of aliphatic carboxylic acids is 1. The van der Waals surface area contributed by atoms with Gasteiger partial charge in [0.15, 0.2) is 0 Å². The van der Waals surface area contributed by atoms with Crippen LogP contribution in [0.4, 0.5) is 0 Å². The summed E-state index contributed by atoms with van der Waals surface area (Å²) < 4.78 is 6.00. The topological polar surface area (TPSA) is 70.1 Å². The number of carboxylic acids is 1. The number of nitrogens with zero attached hydrogens (tertiary/aromatic N) is 2. The van der Waals surface area contributed by atoms with Gasteiger partial charge in [0, 0.05) is 60.9 Å². The van der Waals surface area contributed by atoms with E-state index in [1.54, 1.807) is 0 Å². The molecule has 2 aliphatic heterocycles. The summed E-state index contributed by atoms with van der Waals surface area (Å²) in [5.41, 5.74) is -0.366. The zero-order chi connectivity index (χ0) is 27.5. The van der Waals surface area contributed by atoms with Crippen molar-refractivity contribution in [2.75, 3.05) is 13.1 Å². The lowest BCUT2D eigenvalue weighted by atomic mass is 9.67. The molecule has 0 amide bonds. The molecule has 0 spiro atoms. The van der Waals surface area contributed by atoms with Crippen LogP contribution in [0.25, 0.3) is 0 Å². The van der Waals surface area contributed by atoms with E-state index in [-0.39, 0.29) is 58.9 Å². The van der Waals surface area contributed by atoms with Crippen molar-refractivity contribution in [3.8, 4) is 0 Å². The number of hydrogen-bond donors (Lipinski definition) is 1. The first-order valence-corrected chi connectivity index (χ1v) is 13.6. The Balaban J connectivity index is 2.07. The number of rotatable bonds is 11. The molecule has 36 heavy (non-hydrogen) atoms. The van der Waals surface area contributed by atoms with Crippen LogP contribution in [0, 0.1) is 11.8 Å². The van der Waals surface area contributed by atoms with Crippen LogP contribution < -0.4 is 0 Å². The Morgan fingerprint density at radius 3 is 1.67 bits per heavy atom. The van der Waals surface area contributed by atoms with E-state index in [0.717, 1.165) is 38.8 Å². The Kier molecular flexibility index (Phi) is 9.67. The van der Waals surface area contributed by atoms with Gasteiger partial charge in [-0.25, -0.2) is 0 Å². The molecule has 0 aromatic heterocycles. The van der Waals surface area contributed by atoms with Gasteiger partial charge in [-0.2, -0.15) is 0 Å². The minimum atomic E-state index is -0.796. The first kappa shape index (κ1) is 30.6. The summed E-state index contributed by atoms with van der Waals surface area (Å²) in [5, 5.41) is 9.67. The van der Waals surface area contributed by atoms with Gasteiger partial charge in [0.05, 0.1) is 0 Å². The standard InChI is InChI=1S/C30H52N2O4/c1-11-15-31-27(3,4)18-23(19-28(31,5)6)22(17-25(33)34)13-14-26(35)36-24-20-29(7,8)32(16-12-2)30(9,10)21-24/h11-12,22-24H,1-2,13-21H2,3-10H3,(H,33,34). The second kappa shape index (κ2) is 11.4. The molecule has 6 nitrogen and oxygen atoms in total. The monoisotopic (exact) mass is 504 g/mol. The number of piperidine rings is 2. The molecule has 2 fully saturated rings. The van der Waals surface area contributed by atoms with Crippen LogP contribution >= 0.6 is 0 Å².